The Kier molecular flexibility index (Phi) is 4.81. The molecule has 0 aromatic carbocycles. The number of carbonyl (C=O) groups is 1. The zero-order chi connectivity index (χ0) is 14.6. The maximum absolute atomic E-state index is 12.0. The van der Waals surface area contributed by atoms with E-state index in [1.54, 1.807) is 33.6 Å². The second kappa shape index (κ2) is 5.95. The molecule has 0 fully saturated rings. The van der Waals surface area contributed by atoms with Crippen molar-refractivity contribution in [3.63, 3.8) is 0 Å². The van der Waals surface area contributed by atoms with Crippen LogP contribution in [0.25, 0.3) is 0 Å². The first-order chi connectivity index (χ1) is 8.78. The third-order valence-corrected chi connectivity index (χ3v) is 2.30. The van der Waals surface area contributed by atoms with Gasteiger partial charge in [-0.25, -0.2) is 9.59 Å². The van der Waals surface area contributed by atoms with Crippen LogP contribution in [0.3, 0.4) is 0 Å². The van der Waals surface area contributed by atoms with Crippen LogP contribution in [0.1, 0.15) is 27.7 Å². The maximum atomic E-state index is 12.0. The largest absolute Gasteiger partial charge is 0.479 e. The normalized spacial score (nSPS) is 15.4. The van der Waals surface area contributed by atoms with E-state index in [1.165, 1.54) is 6.08 Å². The fraction of sp³-hybridized carbons (Fsp3) is 0.462. The summed E-state index contributed by atoms with van der Waals surface area (Å²) < 4.78 is 10.4. The summed E-state index contributed by atoms with van der Waals surface area (Å²) in [6.07, 6.45) is 1.42. The van der Waals surface area contributed by atoms with Crippen LogP contribution in [0.5, 0.6) is 0 Å². The molecule has 0 spiro atoms. The Morgan fingerprint density at radius 1 is 1.47 bits per heavy atom. The number of hydrogen-bond acceptors (Lipinski definition) is 5. The lowest BCUT2D eigenvalue weighted by atomic mass is 10.1. The Morgan fingerprint density at radius 2 is 2.11 bits per heavy atom. The molecule has 5 nitrogen and oxygen atoms in total. The molecule has 0 saturated heterocycles. The molecule has 19 heavy (non-hydrogen) atoms. The number of rotatable bonds is 3. The maximum Gasteiger partial charge on any atom is 0.343 e. The Labute approximate surface area is 116 Å². The van der Waals surface area contributed by atoms with E-state index in [9.17, 15) is 9.59 Å². The summed E-state index contributed by atoms with van der Waals surface area (Å²) in [7, 11) is 0. The number of carbonyl (C=O) groups excluding carboxylic acids is 2. The van der Waals surface area contributed by atoms with E-state index in [1.807, 2.05) is 0 Å². The molecule has 0 bridgehead atoms. The number of ether oxygens (including phenoxy) is 2. The van der Waals surface area contributed by atoms with Crippen molar-refractivity contribution in [3.05, 3.63) is 28.3 Å². The van der Waals surface area contributed by atoms with Gasteiger partial charge in [-0.15, -0.1) is 0 Å². The summed E-state index contributed by atoms with van der Waals surface area (Å²) in [6, 6.07) is 0. The summed E-state index contributed by atoms with van der Waals surface area (Å²) in [5.74, 6) is 1.24. The molecular weight excluding hydrogens is 270 g/mol. The van der Waals surface area contributed by atoms with Crippen LogP contribution >= 0.6 is 11.6 Å². The summed E-state index contributed by atoms with van der Waals surface area (Å²) >= 11 is 5.99. The molecular formula is C13H16ClNO4. The molecule has 6 heteroatoms. The van der Waals surface area contributed by atoms with Gasteiger partial charge in [-0.2, -0.15) is 0 Å². The highest BCUT2D eigenvalue weighted by Gasteiger charge is 2.29. The van der Waals surface area contributed by atoms with Crippen LogP contribution in [-0.2, 0) is 19.1 Å². The third-order valence-electron chi connectivity index (χ3n) is 2.00. The van der Waals surface area contributed by atoms with E-state index in [0.29, 0.717) is 6.61 Å². The fourth-order valence-electron chi connectivity index (χ4n) is 1.37. The second-order valence-electron chi connectivity index (χ2n) is 4.77. The van der Waals surface area contributed by atoms with Gasteiger partial charge < -0.3 is 14.8 Å². The van der Waals surface area contributed by atoms with Crippen molar-refractivity contribution < 1.29 is 19.1 Å². The average molecular weight is 286 g/mol. The van der Waals surface area contributed by atoms with E-state index in [-0.39, 0.29) is 22.2 Å². The first-order valence-corrected chi connectivity index (χ1v) is 6.16. The predicted octanol–water partition coefficient (Wildman–Crippen LogP) is 2.02. The number of allylic oxidation sites excluding steroid dienone is 2. The number of hydrogen-bond donors (Lipinski definition) is 1. The zero-order valence-electron chi connectivity index (χ0n) is 11.3. The van der Waals surface area contributed by atoms with Gasteiger partial charge in [0.15, 0.2) is 11.8 Å². The molecule has 1 aliphatic rings. The lowest BCUT2D eigenvalue weighted by Crippen LogP contribution is -2.30. The van der Waals surface area contributed by atoms with Crippen molar-refractivity contribution in [2.24, 2.45) is 0 Å². The van der Waals surface area contributed by atoms with Gasteiger partial charge in [0.05, 0.1) is 11.6 Å². The van der Waals surface area contributed by atoms with Gasteiger partial charge in [-0.3, -0.25) is 0 Å². The van der Waals surface area contributed by atoms with Crippen molar-refractivity contribution >= 4 is 23.5 Å². The predicted molar refractivity (Wildman–Crippen MR) is 70.8 cm³/mol. The number of halogens is 1. The Bertz CT molecular complexity index is 493. The highest BCUT2D eigenvalue weighted by Crippen LogP contribution is 2.26. The van der Waals surface area contributed by atoms with Gasteiger partial charge in [-0.1, -0.05) is 11.6 Å². The standard InChI is InChI=1S/C13H16ClNO4/c1-5-18-10-6-8(14)11(9(7-16)15-10)12(17)19-13(2,3)4/h6,15H,5H2,1-4H3. The molecule has 0 aromatic rings. The minimum atomic E-state index is -0.685. The average Bonchev–Trinajstić information content (AvgIpc) is 2.25. The summed E-state index contributed by atoms with van der Waals surface area (Å²) in [5.41, 5.74) is -0.820. The van der Waals surface area contributed by atoms with Crippen molar-refractivity contribution in [1.29, 1.82) is 0 Å². The summed E-state index contributed by atoms with van der Waals surface area (Å²) in [4.78, 5) is 22.9. The van der Waals surface area contributed by atoms with Crippen LogP contribution in [0.15, 0.2) is 28.3 Å². The molecule has 0 saturated carbocycles. The van der Waals surface area contributed by atoms with E-state index in [0.717, 1.165) is 0 Å². The number of dihydropyridines is 1. The highest BCUT2D eigenvalue weighted by molar-refractivity contribution is 6.34. The Balaban J connectivity index is 3.12. The molecule has 1 rings (SSSR count). The smallest absolute Gasteiger partial charge is 0.343 e. The quantitative estimate of drug-likeness (QED) is 0.635. The van der Waals surface area contributed by atoms with Gasteiger partial charge in [0, 0.05) is 6.08 Å². The van der Waals surface area contributed by atoms with Crippen molar-refractivity contribution in [2.45, 2.75) is 33.3 Å². The van der Waals surface area contributed by atoms with Crippen molar-refractivity contribution in [2.75, 3.05) is 6.61 Å². The van der Waals surface area contributed by atoms with Crippen molar-refractivity contribution in [3.8, 4) is 0 Å². The molecule has 104 valence electrons. The third kappa shape index (κ3) is 4.16. The Morgan fingerprint density at radius 3 is 2.58 bits per heavy atom. The number of esters is 1. The molecule has 0 amide bonds. The highest BCUT2D eigenvalue weighted by atomic mass is 35.5. The lowest BCUT2D eigenvalue weighted by Gasteiger charge is -2.23. The monoisotopic (exact) mass is 285 g/mol. The van der Waals surface area contributed by atoms with E-state index in [4.69, 9.17) is 21.1 Å². The molecule has 1 aliphatic heterocycles. The molecule has 0 aromatic heterocycles. The van der Waals surface area contributed by atoms with E-state index < -0.39 is 11.6 Å². The second-order valence-corrected chi connectivity index (χ2v) is 5.18. The summed E-state index contributed by atoms with van der Waals surface area (Å²) in [6.45, 7) is 7.36. The van der Waals surface area contributed by atoms with Gasteiger partial charge >= 0.3 is 5.97 Å². The molecule has 0 unspecified atom stereocenters. The van der Waals surface area contributed by atoms with Crippen LogP contribution in [0, 0.1) is 0 Å². The first kappa shape index (κ1) is 15.3. The van der Waals surface area contributed by atoms with Gasteiger partial charge in [-0.05, 0) is 27.7 Å². The Hall–Kier alpha value is -1.71. The van der Waals surface area contributed by atoms with Crippen LogP contribution < -0.4 is 5.32 Å². The van der Waals surface area contributed by atoms with Crippen LogP contribution in [0.2, 0.25) is 0 Å². The molecule has 0 atom stereocenters. The van der Waals surface area contributed by atoms with E-state index >= 15 is 0 Å². The van der Waals surface area contributed by atoms with Crippen molar-refractivity contribution in [1.82, 2.24) is 5.32 Å². The first-order valence-electron chi connectivity index (χ1n) is 5.78. The number of nitrogens with one attached hydrogen (secondary N) is 1. The van der Waals surface area contributed by atoms with Gasteiger partial charge in [0.25, 0.3) is 0 Å². The topological polar surface area (TPSA) is 64.6 Å². The van der Waals surface area contributed by atoms with E-state index in [2.05, 4.69) is 5.32 Å². The summed E-state index contributed by atoms with van der Waals surface area (Å²) in [5, 5.41) is 2.72. The molecule has 1 heterocycles. The van der Waals surface area contributed by atoms with Gasteiger partial charge in [0.2, 0.25) is 0 Å². The van der Waals surface area contributed by atoms with Crippen LogP contribution in [0.4, 0.5) is 0 Å². The lowest BCUT2D eigenvalue weighted by molar-refractivity contribution is -0.149. The molecule has 0 radical (unpaired) electrons. The SMILES string of the molecule is CCOC1=CC(Cl)=C(C(=O)OC(C)(C)C)C(=C=O)N1. The molecule has 1 N–H and O–H groups in total. The minimum absolute atomic E-state index is 0.0463. The fourth-order valence-corrected chi connectivity index (χ4v) is 1.64. The van der Waals surface area contributed by atoms with Gasteiger partial charge in [0.1, 0.15) is 16.9 Å². The zero-order valence-corrected chi connectivity index (χ0v) is 12.1. The molecule has 0 aliphatic carbocycles. The minimum Gasteiger partial charge on any atom is -0.479 e. The van der Waals surface area contributed by atoms with Crippen LogP contribution in [-0.4, -0.2) is 24.1 Å².